The van der Waals surface area contributed by atoms with Gasteiger partial charge in [-0.05, 0) is 26.2 Å². The second-order valence-electron chi connectivity index (χ2n) is 4.15. The van der Waals surface area contributed by atoms with Crippen LogP contribution in [0.15, 0.2) is 0 Å². The monoisotopic (exact) mass is 215 g/mol. The first-order valence-corrected chi connectivity index (χ1v) is 5.10. The number of carbonyl (C=O) groups excluding carboxylic acids is 1. The van der Waals surface area contributed by atoms with E-state index in [1.807, 2.05) is 13.8 Å². The average molecular weight is 215 g/mol. The molecule has 4 atom stereocenters. The first kappa shape index (κ1) is 12.0. The number of aliphatic carboxylic acids is 1. The van der Waals surface area contributed by atoms with Gasteiger partial charge in [0.2, 0.25) is 5.91 Å². The molecule has 3 unspecified atom stereocenters. The molecule has 0 aromatic heterocycles. The molecule has 1 saturated heterocycles. The number of rotatable bonds is 3. The van der Waals surface area contributed by atoms with E-state index in [0.717, 1.165) is 6.42 Å². The molecule has 0 spiro atoms. The van der Waals surface area contributed by atoms with Gasteiger partial charge in [0.1, 0.15) is 12.1 Å². The van der Waals surface area contributed by atoms with Crippen LogP contribution in [0.3, 0.4) is 0 Å². The minimum atomic E-state index is -1.04. The fraction of sp³-hybridized carbons (Fsp3) is 0.800. The predicted molar refractivity (Wildman–Crippen MR) is 53.4 cm³/mol. The summed E-state index contributed by atoms with van der Waals surface area (Å²) in [5.74, 6) is -1.23. The third-order valence-electron chi connectivity index (χ3n) is 2.59. The normalized spacial score (nSPS) is 32.3. The van der Waals surface area contributed by atoms with Crippen LogP contribution in [-0.4, -0.2) is 35.2 Å². The lowest BCUT2D eigenvalue weighted by Gasteiger charge is -2.16. The Hall–Kier alpha value is -1.10. The van der Waals surface area contributed by atoms with Crippen molar-refractivity contribution < 1.29 is 19.4 Å². The smallest absolute Gasteiger partial charge is 0.325 e. The molecule has 15 heavy (non-hydrogen) atoms. The van der Waals surface area contributed by atoms with Gasteiger partial charge < -0.3 is 15.2 Å². The number of carboxylic acids is 1. The zero-order valence-electron chi connectivity index (χ0n) is 9.19. The van der Waals surface area contributed by atoms with E-state index < -0.39 is 18.1 Å². The average Bonchev–Trinajstić information content (AvgIpc) is 2.44. The molecule has 5 heteroatoms. The molecule has 1 aliphatic rings. The predicted octanol–water partition coefficient (Wildman–Crippen LogP) is 0.389. The lowest BCUT2D eigenvalue weighted by molar-refractivity contribution is -0.144. The first-order chi connectivity index (χ1) is 6.91. The molecule has 0 aromatic rings. The van der Waals surface area contributed by atoms with Crippen molar-refractivity contribution in [3.05, 3.63) is 0 Å². The highest BCUT2D eigenvalue weighted by Crippen LogP contribution is 2.25. The summed E-state index contributed by atoms with van der Waals surface area (Å²) in [6, 6.07) is -0.871. The Morgan fingerprint density at radius 3 is 2.47 bits per heavy atom. The molecule has 5 nitrogen and oxygen atoms in total. The number of carboxylic acid groups (broad SMARTS) is 1. The van der Waals surface area contributed by atoms with Gasteiger partial charge in [0.05, 0.1) is 6.10 Å². The maximum atomic E-state index is 11.6. The second-order valence-corrected chi connectivity index (χ2v) is 4.15. The van der Waals surface area contributed by atoms with Gasteiger partial charge in [0, 0.05) is 0 Å². The number of carbonyl (C=O) groups is 2. The summed E-state index contributed by atoms with van der Waals surface area (Å²) in [7, 11) is 0. The number of nitrogens with one attached hydrogen (secondary N) is 1. The SMILES string of the molecule is CC1CC(C)C(C(=O)N[C@@H](C)C(=O)O)O1. The minimum Gasteiger partial charge on any atom is -0.480 e. The highest BCUT2D eigenvalue weighted by Gasteiger charge is 2.35. The summed E-state index contributed by atoms with van der Waals surface area (Å²) in [5.41, 5.74) is 0. The van der Waals surface area contributed by atoms with Crippen LogP contribution in [0.25, 0.3) is 0 Å². The third kappa shape index (κ3) is 2.92. The molecule has 0 bridgehead atoms. The van der Waals surface area contributed by atoms with Crippen molar-refractivity contribution in [2.45, 2.75) is 45.4 Å². The lowest BCUT2D eigenvalue weighted by atomic mass is 10.0. The molecule has 1 heterocycles. The van der Waals surface area contributed by atoms with Crippen LogP contribution < -0.4 is 5.32 Å². The van der Waals surface area contributed by atoms with Gasteiger partial charge in [0.25, 0.3) is 0 Å². The van der Waals surface area contributed by atoms with Crippen molar-refractivity contribution >= 4 is 11.9 Å². The van der Waals surface area contributed by atoms with E-state index in [-0.39, 0.29) is 17.9 Å². The summed E-state index contributed by atoms with van der Waals surface area (Å²) in [5, 5.41) is 11.0. The highest BCUT2D eigenvalue weighted by molar-refractivity contribution is 5.86. The lowest BCUT2D eigenvalue weighted by Crippen LogP contribution is -2.45. The maximum Gasteiger partial charge on any atom is 0.325 e. The Balaban J connectivity index is 2.50. The molecule has 1 rings (SSSR count). The van der Waals surface area contributed by atoms with Crippen LogP contribution in [0.4, 0.5) is 0 Å². The molecule has 0 saturated carbocycles. The van der Waals surface area contributed by atoms with Gasteiger partial charge in [-0.1, -0.05) is 6.92 Å². The number of ether oxygens (including phenoxy) is 1. The van der Waals surface area contributed by atoms with Crippen LogP contribution in [0.1, 0.15) is 27.2 Å². The Bertz CT molecular complexity index is 266. The van der Waals surface area contributed by atoms with E-state index in [9.17, 15) is 9.59 Å². The van der Waals surface area contributed by atoms with Crippen molar-refractivity contribution in [3.8, 4) is 0 Å². The zero-order valence-corrected chi connectivity index (χ0v) is 9.19. The first-order valence-electron chi connectivity index (χ1n) is 5.10. The largest absolute Gasteiger partial charge is 0.480 e. The van der Waals surface area contributed by atoms with Gasteiger partial charge in [-0.2, -0.15) is 0 Å². The van der Waals surface area contributed by atoms with E-state index in [1.165, 1.54) is 6.92 Å². The zero-order chi connectivity index (χ0) is 11.6. The molecule has 1 aliphatic heterocycles. The molecule has 0 radical (unpaired) electrons. The molecule has 0 aliphatic carbocycles. The minimum absolute atomic E-state index is 0.0656. The molecule has 86 valence electrons. The second kappa shape index (κ2) is 4.61. The molecule has 1 fully saturated rings. The summed E-state index contributed by atoms with van der Waals surface area (Å²) in [6.45, 7) is 5.27. The van der Waals surface area contributed by atoms with Gasteiger partial charge in [-0.25, -0.2) is 0 Å². The van der Waals surface area contributed by atoms with Crippen LogP contribution in [-0.2, 0) is 14.3 Å². The molecular formula is C10H17NO4. The van der Waals surface area contributed by atoms with Gasteiger partial charge in [-0.3, -0.25) is 9.59 Å². The number of hydrogen-bond donors (Lipinski definition) is 2. The van der Waals surface area contributed by atoms with Crippen molar-refractivity contribution in [2.75, 3.05) is 0 Å². The van der Waals surface area contributed by atoms with Gasteiger partial charge in [-0.15, -0.1) is 0 Å². The van der Waals surface area contributed by atoms with Crippen LogP contribution in [0.5, 0.6) is 0 Å². The molecule has 0 aromatic carbocycles. The van der Waals surface area contributed by atoms with Gasteiger partial charge in [0.15, 0.2) is 0 Å². The van der Waals surface area contributed by atoms with Crippen LogP contribution in [0, 0.1) is 5.92 Å². The number of hydrogen-bond acceptors (Lipinski definition) is 3. The van der Waals surface area contributed by atoms with Crippen molar-refractivity contribution in [1.29, 1.82) is 0 Å². The van der Waals surface area contributed by atoms with E-state index in [0.29, 0.717) is 0 Å². The van der Waals surface area contributed by atoms with Crippen molar-refractivity contribution in [3.63, 3.8) is 0 Å². The van der Waals surface area contributed by atoms with Crippen molar-refractivity contribution in [1.82, 2.24) is 5.32 Å². The Morgan fingerprint density at radius 2 is 2.07 bits per heavy atom. The summed E-state index contributed by atoms with van der Waals surface area (Å²) in [6.07, 6.45) is 0.386. The van der Waals surface area contributed by atoms with Crippen LogP contribution >= 0.6 is 0 Å². The molecule has 2 N–H and O–H groups in total. The molecule has 1 amide bonds. The summed E-state index contributed by atoms with van der Waals surface area (Å²) < 4.78 is 5.41. The topological polar surface area (TPSA) is 75.6 Å². The number of amides is 1. The fourth-order valence-corrected chi connectivity index (χ4v) is 1.76. The van der Waals surface area contributed by atoms with E-state index in [1.54, 1.807) is 0 Å². The van der Waals surface area contributed by atoms with E-state index in [2.05, 4.69) is 5.32 Å². The Morgan fingerprint density at radius 1 is 1.47 bits per heavy atom. The fourth-order valence-electron chi connectivity index (χ4n) is 1.76. The standard InChI is InChI=1S/C10H17NO4/c1-5-4-6(2)15-8(5)9(12)11-7(3)10(13)14/h5-8H,4H2,1-3H3,(H,11,12)(H,13,14)/t5?,6?,7-,8?/m0/s1. The van der Waals surface area contributed by atoms with Crippen molar-refractivity contribution in [2.24, 2.45) is 5.92 Å². The summed E-state index contributed by atoms with van der Waals surface area (Å²) in [4.78, 5) is 22.2. The highest BCUT2D eigenvalue weighted by atomic mass is 16.5. The summed E-state index contributed by atoms with van der Waals surface area (Å²) >= 11 is 0. The third-order valence-corrected chi connectivity index (χ3v) is 2.59. The van der Waals surface area contributed by atoms with E-state index >= 15 is 0 Å². The quantitative estimate of drug-likeness (QED) is 0.714. The Labute approximate surface area is 88.8 Å². The van der Waals surface area contributed by atoms with Crippen LogP contribution in [0.2, 0.25) is 0 Å². The van der Waals surface area contributed by atoms with E-state index in [4.69, 9.17) is 9.84 Å². The van der Waals surface area contributed by atoms with Gasteiger partial charge >= 0.3 is 5.97 Å². The molecular weight excluding hydrogens is 198 g/mol. The Kier molecular flexibility index (Phi) is 3.68. The maximum absolute atomic E-state index is 11.6.